The fraction of sp³-hybridized carbons (Fsp3) is 0.346. The van der Waals surface area contributed by atoms with Crippen LogP contribution >= 0.6 is 11.8 Å². The summed E-state index contributed by atoms with van der Waals surface area (Å²) in [5, 5.41) is 14.2. The van der Waals surface area contributed by atoms with Crippen molar-refractivity contribution in [3.05, 3.63) is 92.3 Å². The van der Waals surface area contributed by atoms with Crippen LogP contribution in [-0.2, 0) is 11.2 Å². The zero-order chi connectivity index (χ0) is 23.8. The number of aryl methyl sites for hydroxylation is 1. The van der Waals surface area contributed by atoms with Gasteiger partial charge in [-0.2, -0.15) is 0 Å². The minimum atomic E-state index is -0.708. The molecule has 8 heteroatoms. The van der Waals surface area contributed by atoms with Gasteiger partial charge in [0, 0.05) is 45.5 Å². The molecule has 0 saturated heterocycles. The largest absolute Gasteiger partial charge is 0.393 e. The zero-order valence-corrected chi connectivity index (χ0v) is 19.6. The lowest BCUT2D eigenvalue weighted by Crippen LogP contribution is -2.44. The minimum Gasteiger partial charge on any atom is -0.393 e. The molecule has 1 aliphatic heterocycles. The van der Waals surface area contributed by atoms with Crippen LogP contribution in [0.5, 0.6) is 0 Å². The molecule has 0 spiro atoms. The molecule has 5 rings (SSSR count). The lowest BCUT2D eigenvalue weighted by molar-refractivity contribution is -0.110. The normalized spacial score (nSPS) is 22.6. The highest BCUT2D eigenvalue weighted by atomic mass is 32.2. The second-order valence-electron chi connectivity index (χ2n) is 9.00. The van der Waals surface area contributed by atoms with Crippen LogP contribution in [0.4, 0.5) is 0 Å². The predicted molar refractivity (Wildman–Crippen MR) is 130 cm³/mol. The molecule has 4 atom stereocenters. The van der Waals surface area contributed by atoms with Gasteiger partial charge in [-0.05, 0) is 42.5 Å². The number of carbonyl (C=O) groups excluding carboxylic acids is 1. The fourth-order valence-corrected chi connectivity index (χ4v) is 6.72. The summed E-state index contributed by atoms with van der Waals surface area (Å²) in [5.74, 6) is -0.399. The molecule has 1 amide bonds. The molecule has 1 aliphatic carbocycles. The SMILES string of the molecule is CCc1cn(C2CC(O)C([C@@H](NC=O)C3c4ccccc4Sc4ccccc43)C2)c(=O)[nH]c1=O. The Bertz CT molecular complexity index is 1290. The van der Waals surface area contributed by atoms with Crippen molar-refractivity contribution in [2.45, 2.75) is 60.1 Å². The van der Waals surface area contributed by atoms with E-state index in [0.29, 0.717) is 31.2 Å². The highest BCUT2D eigenvalue weighted by Crippen LogP contribution is 2.50. The molecule has 2 aliphatic rings. The van der Waals surface area contributed by atoms with Crippen LogP contribution in [-0.4, -0.2) is 33.2 Å². The number of benzene rings is 2. The van der Waals surface area contributed by atoms with Crippen molar-refractivity contribution in [2.24, 2.45) is 5.92 Å². The van der Waals surface area contributed by atoms with E-state index in [-0.39, 0.29) is 29.5 Å². The Morgan fingerprint density at radius 3 is 2.38 bits per heavy atom. The molecule has 2 aromatic carbocycles. The van der Waals surface area contributed by atoms with Crippen LogP contribution in [0.15, 0.2) is 74.1 Å². The summed E-state index contributed by atoms with van der Waals surface area (Å²) in [7, 11) is 0. The number of aromatic nitrogens is 2. The molecule has 7 nitrogen and oxygen atoms in total. The number of nitrogens with zero attached hydrogens (tertiary/aromatic N) is 1. The van der Waals surface area contributed by atoms with Crippen LogP contribution < -0.4 is 16.6 Å². The number of aromatic amines is 1. The van der Waals surface area contributed by atoms with Crippen molar-refractivity contribution in [2.75, 3.05) is 0 Å². The molecule has 3 aromatic rings. The number of hydrogen-bond acceptors (Lipinski definition) is 5. The summed E-state index contributed by atoms with van der Waals surface area (Å²) in [6, 6.07) is 15.7. The van der Waals surface area contributed by atoms with E-state index in [1.165, 1.54) is 0 Å². The van der Waals surface area contributed by atoms with Gasteiger partial charge >= 0.3 is 5.69 Å². The van der Waals surface area contributed by atoms with Crippen LogP contribution in [0.1, 0.15) is 48.4 Å². The number of aliphatic hydroxyl groups excluding tert-OH is 1. The van der Waals surface area contributed by atoms with Crippen LogP contribution in [0, 0.1) is 5.92 Å². The van der Waals surface area contributed by atoms with E-state index in [1.54, 1.807) is 22.5 Å². The van der Waals surface area contributed by atoms with Gasteiger partial charge in [0.15, 0.2) is 0 Å². The molecule has 176 valence electrons. The molecule has 34 heavy (non-hydrogen) atoms. The van der Waals surface area contributed by atoms with Gasteiger partial charge in [-0.1, -0.05) is 55.1 Å². The number of amides is 1. The first-order valence-corrected chi connectivity index (χ1v) is 12.4. The van der Waals surface area contributed by atoms with Crippen molar-refractivity contribution >= 4 is 18.2 Å². The van der Waals surface area contributed by atoms with Gasteiger partial charge in [-0.25, -0.2) is 4.79 Å². The number of nitrogens with one attached hydrogen (secondary N) is 2. The standard InChI is InChI=1S/C26H27N3O4S/c1-2-15-13-29(26(33)28-25(15)32)16-11-19(20(31)12-16)24(27-14-30)23-17-7-3-5-9-21(17)34-22-10-6-4-8-18(22)23/h3-10,13-14,16,19-20,23-24,31H,2,11-12H2,1H3,(H,27,30)(H,28,32,33)/t16?,19?,20?,24-/m1/s1. The number of fused-ring (bicyclic) bond motifs is 2. The maximum absolute atomic E-state index is 12.6. The molecule has 1 aromatic heterocycles. The number of carbonyl (C=O) groups is 1. The van der Waals surface area contributed by atoms with Crippen LogP contribution in [0.2, 0.25) is 0 Å². The first-order chi connectivity index (χ1) is 16.5. The third-order valence-electron chi connectivity index (χ3n) is 7.18. The van der Waals surface area contributed by atoms with Gasteiger partial charge in [-0.15, -0.1) is 0 Å². The molecule has 1 fully saturated rings. The molecule has 1 saturated carbocycles. The lowest BCUT2D eigenvalue weighted by Gasteiger charge is -2.37. The molecular formula is C26H27N3O4S. The summed E-state index contributed by atoms with van der Waals surface area (Å²) in [6.45, 7) is 1.87. The highest BCUT2D eigenvalue weighted by molar-refractivity contribution is 7.99. The molecular weight excluding hydrogens is 450 g/mol. The lowest BCUT2D eigenvalue weighted by atomic mass is 9.77. The van der Waals surface area contributed by atoms with Crippen LogP contribution in [0.25, 0.3) is 0 Å². The number of H-pyrrole nitrogens is 1. The Morgan fingerprint density at radius 2 is 1.76 bits per heavy atom. The summed E-state index contributed by atoms with van der Waals surface area (Å²) in [4.78, 5) is 41.1. The predicted octanol–water partition coefficient (Wildman–Crippen LogP) is 2.82. The number of hydrogen-bond donors (Lipinski definition) is 3. The molecule has 2 heterocycles. The number of aliphatic hydroxyl groups is 1. The third kappa shape index (κ3) is 3.91. The van der Waals surface area contributed by atoms with Gasteiger partial charge < -0.3 is 10.4 Å². The monoisotopic (exact) mass is 477 g/mol. The maximum Gasteiger partial charge on any atom is 0.328 e. The number of rotatable bonds is 6. The second-order valence-corrected chi connectivity index (χ2v) is 10.1. The Hall–Kier alpha value is -3.10. The zero-order valence-electron chi connectivity index (χ0n) is 18.8. The fourth-order valence-electron chi connectivity index (χ4n) is 5.56. The minimum absolute atomic E-state index is 0.129. The summed E-state index contributed by atoms with van der Waals surface area (Å²) in [5.41, 5.74) is 1.94. The first kappa shape index (κ1) is 22.7. The molecule has 0 bridgehead atoms. The van der Waals surface area contributed by atoms with E-state index in [2.05, 4.69) is 34.6 Å². The third-order valence-corrected chi connectivity index (χ3v) is 8.36. The Kier molecular flexibility index (Phi) is 6.18. The smallest absolute Gasteiger partial charge is 0.328 e. The van der Waals surface area contributed by atoms with E-state index >= 15 is 0 Å². The second kappa shape index (κ2) is 9.27. The summed E-state index contributed by atoms with van der Waals surface area (Å²) in [6.07, 6.45) is 3.01. The van der Waals surface area contributed by atoms with Gasteiger partial charge in [-0.3, -0.25) is 19.1 Å². The Labute approximate surface area is 201 Å². The quantitative estimate of drug-likeness (QED) is 0.474. The van der Waals surface area contributed by atoms with Crippen molar-refractivity contribution < 1.29 is 9.90 Å². The van der Waals surface area contributed by atoms with Crippen molar-refractivity contribution in [1.82, 2.24) is 14.9 Å². The summed E-state index contributed by atoms with van der Waals surface area (Å²) >= 11 is 1.71. The molecule has 0 radical (unpaired) electrons. The van der Waals surface area contributed by atoms with Gasteiger partial charge in [0.1, 0.15) is 0 Å². The van der Waals surface area contributed by atoms with Crippen molar-refractivity contribution in [3.8, 4) is 0 Å². The van der Waals surface area contributed by atoms with Crippen LogP contribution in [0.3, 0.4) is 0 Å². The highest BCUT2D eigenvalue weighted by Gasteiger charge is 2.44. The molecule has 3 N–H and O–H groups in total. The van der Waals surface area contributed by atoms with Crippen molar-refractivity contribution in [3.63, 3.8) is 0 Å². The summed E-state index contributed by atoms with van der Waals surface area (Å²) < 4.78 is 1.54. The molecule has 3 unspecified atom stereocenters. The van der Waals surface area contributed by atoms with Gasteiger partial charge in [0.25, 0.3) is 5.56 Å². The van der Waals surface area contributed by atoms with E-state index in [0.717, 1.165) is 20.9 Å². The maximum atomic E-state index is 12.6. The van der Waals surface area contributed by atoms with E-state index < -0.39 is 11.8 Å². The van der Waals surface area contributed by atoms with E-state index in [1.807, 2.05) is 31.2 Å². The van der Waals surface area contributed by atoms with Gasteiger partial charge in [0.2, 0.25) is 6.41 Å². The van der Waals surface area contributed by atoms with E-state index in [4.69, 9.17) is 0 Å². The average molecular weight is 478 g/mol. The average Bonchev–Trinajstić information content (AvgIpc) is 3.22. The van der Waals surface area contributed by atoms with Gasteiger partial charge in [0.05, 0.1) is 6.10 Å². The Balaban J connectivity index is 1.55. The van der Waals surface area contributed by atoms with Crippen molar-refractivity contribution in [1.29, 1.82) is 0 Å². The Morgan fingerprint density at radius 1 is 1.12 bits per heavy atom. The topological polar surface area (TPSA) is 104 Å². The first-order valence-electron chi connectivity index (χ1n) is 11.6. The van der Waals surface area contributed by atoms with E-state index in [9.17, 15) is 19.5 Å².